The summed E-state index contributed by atoms with van der Waals surface area (Å²) in [4.78, 5) is 6.32. The van der Waals surface area contributed by atoms with Gasteiger partial charge in [-0.05, 0) is 17.7 Å². The van der Waals surface area contributed by atoms with Gasteiger partial charge < -0.3 is 15.2 Å². The van der Waals surface area contributed by atoms with Gasteiger partial charge in [-0.3, -0.25) is 9.88 Å². The minimum Gasteiger partial charge on any atom is -0.383 e. The average Bonchev–Trinajstić information content (AvgIpc) is 2.43. The lowest BCUT2D eigenvalue weighted by Gasteiger charge is -2.30. The second kappa shape index (κ2) is 8.99. The van der Waals surface area contributed by atoms with Crippen LogP contribution in [-0.2, 0) is 9.47 Å². The molecule has 0 spiro atoms. The number of methoxy groups -OCH3 is 2. The summed E-state index contributed by atoms with van der Waals surface area (Å²) in [5.41, 5.74) is 7.09. The Morgan fingerprint density at radius 2 is 1.72 bits per heavy atom. The van der Waals surface area contributed by atoms with Crippen molar-refractivity contribution in [1.29, 1.82) is 0 Å². The Balaban J connectivity index is 2.72. The fraction of sp³-hybridized carbons (Fsp3) is 0.615. The molecule has 1 atom stereocenters. The summed E-state index contributed by atoms with van der Waals surface area (Å²) in [7, 11) is 3.41. The van der Waals surface area contributed by atoms with Crippen molar-refractivity contribution in [3.05, 3.63) is 30.1 Å². The summed E-state index contributed by atoms with van der Waals surface area (Å²) in [6.07, 6.45) is 3.59. The molecule has 0 saturated carbocycles. The van der Waals surface area contributed by atoms with E-state index >= 15 is 0 Å². The summed E-state index contributed by atoms with van der Waals surface area (Å²) < 4.78 is 10.3. The quantitative estimate of drug-likeness (QED) is 0.701. The summed E-state index contributed by atoms with van der Waals surface area (Å²) in [5.74, 6) is 0. The molecule has 18 heavy (non-hydrogen) atoms. The Morgan fingerprint density at radius 1 is 1.17 bits per heavy atom. The van der Waals surface area contributed by atoms with E-state index in [1.807, 2.05) is 12.1 Å². The molecule has 0 saturated heterocycles. The van der Waals surface area contributed by atoms with Gasteiger partial charge in [0, 0.05) is 52.3 Å². The van der Waals surface area contributed by atoms with Crippen LogP contribution in [0.5, 0.6) is 0 Å². The van der Waals surface area contributed by atoms with Crippen molar-refractivity contribution in [2.45, 2.75) is 6.04 Å². The minimum atomic E-state index is 0.179. The van der Waals surface area contributed by atoms with Crippen molar-refractivity contribution in [2.24, 2.45) is 5.73 Å². The van der Waals surface area contributed by atoms with Gasteiger partial charge in [0.25, 0.3) is 0 Å². The predicted octanol–water partition coefficient (Wildman–Crippen LogP) is 0.676. The number of nitrogens with two attached hydrogens (primary N) is 1. The van der Waals surface area contributed by atoms with Crippen molar-refractivity contribution in [3.8, 4) is 0 Å². The maximum absolute atomic E-state index is 5.91. The zero-order valence-corrected chi connectivity index (χ0v) is 11.2. The molecule has 1 aromatic rings. The Morgan fingerprint density at radius 3 is 2.17 bits per heavy atom. The van der Waals surface area contributed by atoms with E-state index in [0.29, 0.717) is 19.8 Å². The van der Waals surface area contributed by atoms with Gasteiger partial charge >= 0.3 is 0 Å². The lowest BCUT2D eigenvalue weighted by molar-refractivity contribution is 0.0891. The van der Waals surface area contributed by atoms with Crippen molar-refractivity contribution < 1.29 is 9.47 Å². The molecule has 0 aliphatic heterocycles. The highest BCUT2D eigenvalue weighted by molar-refractivity contribution is 5.15. The van der Waals surface area contributed by atoms with Crippen LogP contribution in [0.25, 0.3) is 0 Å². The van der Waals surface area contributed by atoms with Gasteiger partial charge in [-0.1, -0.05) is 0 Å². The summed E-state index contributed by atoms with van der Waals surface area (Å²) in [6, 6.07) is 4.19. The van der Waals surface area contributed by atoms with E-state index in [1.54, 1.807) is 26.6 Å². The Labute approximate surface area is 109 Å². The molecule has 1 heterocycles. The molecule has 0 aromatic carbocycles. The standard InChI is InChI=1S/C13H23N3O2/c1-17-9-7-16(8-10-18-2)13(11-14)12-3-5-15-6-4-12/h3-6,13H,7-11,14H2,1-2H3. The van der Waals surface area contributed by atoms with Crippen LogP contribution in [0.3, 0.4) is 0 Å². The Kier molecular flexibility index (Phi) is 7.52. The molecule has 1 rings (SSSR count). The molecule has 0 aliphatic rings. The van der Waals surface area contributed by atoms with E-state index < -0.39 is 0 Å². The van der Waals surface area contributed by atoms with E-state index in [2.05, 4.69) is 9.88 Å². The molecule has 5 nitrogen and oxygen atoms in total. The number of hydrogen-bond donors (Lipinski definition) is 1. The number of aromatic nitrogens is 1. The van der Waals surface area contributed by atoms with E-state index in [9.17, 15) is 0 Å². The zero-order chi connectivity index (χ0) is 13.2. The molecule has 102 valence electrons. The maximum atomic E-state index is 5.91. The fourth-order valence-electron chi connectivity index (χ4n) is 1.92. The first-order valence-electron chi connectivity index (χ1n) is 6.15. The largest absolute Gasteiger partial charge is 0.383 e. The van der Waals surface area contributed by atoms with Crippen LogP contribution < -0.4 is 5.73 Å². The lowest BCUT2D eigenvalue weighted by Crippen LogP contribution is -2.38. The molecule has 0 radical (unpaired) electrons. The molecule has 0 fully saturated rings. The third-order valence-corrected chi connectivity index (χ3v) is 2.92. The molecular formula is C13H23N3O2. The van der Waals surface area contributed by atoms with Gasteiger partial charge in [0.15, 0.2) is 0 Å². The van der Waals surface area contributed by atoms with Gasteiger partial charge in [-0.15, -0.1) is 0 Å². The average molecular weight is 253 g/mol. The summed E-state index contributed by atoms with van der Waals surface area (Å²) >= 11 is 0. The number of ether oxygens (including phenoxy) is 2. The Hall–Kier alpha value is -1.01. The Bertz CT molecular complexity index is 300. The first-order valence-corrected chi connectivity index (χ1v) is 6.15. The van der Waals surface area contributed by atoms with Crippen LogP contribution in [0, 0.1) is 0 Å². The first-order chi connectivity index (χ1) is 8.83. The van der Waals surface area contributed by atoms with Crippen molar-refractivity contribution in [2.75, 3.05) is 47.1 Å². The van der Waals surface area contributed by atoms with Crippen molar-refractivity contribution in [3.63, 3.8) is 0 Å². The summed E-state index contributed by atoms with van der Waals surface area (Å²) in [6.45, 7) is 3.61. The van der Waals surface area contributed by atoms with E-state index in [1.165, 1.54) is 5.56 Å². The summed E-state index contributed by atoms with van der Waals surface area (Å²) in [5, 5.41) is 0. The fourth-order valence-corrected chi connectivity index (χ4v) is 1.92. The topological polar surface area (TPSA) is 60.6 Å². The molecule has 1 aromatic heterocycles. The van der Waals surface area contributed by atoms with Gasteiger partial charge in [0.2, 0.25) is 0 Å². The normalized spacial score (nSPS) is 12.9. The van der Waals surface area contributed by atoms with E-state index in [4.69, 9.17) is 15.2 Å². The highest BCUT2D eigenvalue weighted by Crippen LogP contribution is 2.18. The zero-order valence-electron chi connectivity index (χ0n) is 11.2. The lowest BCUT2D eigenvalue weighted by atomic mass is 10.1. The monoisotopic (exact) mass is 253 g/mol. The molecule has 2 N–H and O–H groups in total. The van der Waals surface area contributed by atoms with Gasteiger partial charge in [0.1, 0.15) is 0 Å². The molecule has 0 amide bonds. The maximum Gasteiger partial charge on any atom is 0.0589 e. The molecular weight excluding hydrogens is 230 g/mol. The number of rotatable bonds is 9. The van der Waals surface area contributed by atoms with E-state index in [-0.39, 0.29) is 6.04 Å². The third-order valence-electron chi connectivity index (χ3n) is 2.92. The predicted molar refractivity (Wildman–Crippen MR) is 71.4 cm³/mol. The number of pyridine rings is 1. The van der Waals surface area contributed by atoms with Gasteiger partial charge in [0.05, 0.1) is 13.2 Å². The third kappa shape index (κ3) is 4.70. The molecule has 5 heteroatoms. The van der Waals surface area contributed by atoms with Crippen LogP contribution in [0.2, 0.25) is 0 Å². The second-order valence-corrected chi connectivity index (χ2v) is 4.05. The number of nitrogens with zero attached hydrogens (tertiary/aromatic N) is 2. The van der Waals surface area contributed by atoms with Crippen LogP contribution in [0.1, 0.15) is 11.6 Å². The van der Waals surface area contributed by atoms with Crippen LogP contribution in [0.4, 0.5) is 0 Å². The smallest absolute Gasteiger partial charge is 0.0589 e. The van der Waals surface area contributed by atoms with Crippen molar-refractivity contribution in [1.82, 2.24) is 9.88 Å². The highest BCUT2D eigenvalue weighted by atomic mass is 16.5. The molecule has 1 unspecified atom stereocenters. The van der Waals surface area contributed by atoms with Crippen LogP contribution in [-0.4, -0.2) is 57.0 Å². The van der Waals surface area contributed by atoms with E-state index in [0.717, 1.165) is 13.1 Å². The molecule has 0 bridgehead atoms. The minimum absolute atomic E-state index is 0.179. The van der Waals surface area contributed by atoms with Gasteiger partial charge in [-0.2, -0.15) is 0 Å². The van der Waals surface area contributed by atoms with Crippen molar-refractivity contribution >= 4 is 0 Å². The number of hydrogen-bond acceptors (Lipinski definition) is 5. The van der Waals surface area contributed by atoms with Crippen LogP contribution in [0.15, 0.2) is 24.5 Å². The SMILES string of the molecule is COCCN(CCOC)C(CN)c1ccncc1. The first kappa shape index (κ1) is 15.0. The highest BCUT2D eigenvalue weighted by Gasteiger charge is 2.18. The molecule has 0 aliphatic carbocycles. The van der Waals surface area contributed by atoms with Crippen LogP contribution >= 0.6 is 0 Å². The van der Waals surface area contributed by atoms with Gasteiger partial charge in [-0.25, -0.2) is 0 Å². The second-order valence-electron chi connectivity index (χ2n) is 4.05.